The van der Waals surface area contributed by atoms with E-state index in [9.17, 15) is 19.8 Å². The van der Waals surface area contributed by atoms with Gasteiger partial charge in [-0.05, 0) is 6.42 Å². The molecule has 3 N–H and O–H groups in total. The predicted molar refractivity (Wildman–Crippen MR) is 119 cm³/mol. The van der Waals surface area contributed by atoms with Crippen LogP contribution in [0.5, 0.6) is 0 Å². The molecule has 0 aromatic carbocycles. The molecule has 2 unspecified atom stereocenters. The largest absolute Gasteiger partial charge is 0.499 e. The Morgan fingerprint density at radius 1 is 0.871 bits per heavy atom. The van der Waals surface area contributed by atoms with Crippen LogP contribution in [0.2, 0.25) is 0 Å². The lowest BCUT2D eigenvalue weighted by molar-refractivity contribution is -0.152. The van der Waals surface area contributed by atoms with Gasteiger partial charge in [-0.3, -0.25) is 9.59 Å². The van der Waals surface area contributed by atoms with E-state index >= 15 is 0 Å². The smallest absolute Gasteiger partial charge is 0.325 e. The van der Waals surface area contributed by atoms with Crippen molar-refractivity contribution in [2.24, 2.45) is 0 Å². The first-order chi connectivity index (χ1) is 15.0. The Balaban J connectivity index is 1.87. The van der Waals surface area contributed by atoms with Crippen molar-refractivity contribution in [3.63, 3.8) is 0 Å². The van der Waals surface area contributed by atoms with E-state index in [1.807, 2.05) is 0 Å². The maximum Gasteiger partial charge on any atom is 0.325 e. The van der Waals surface area contributed by atoms with Gasteiger partial charge in [-0.25, -0.2) is 0 Å². The summed E-state index contributed by atoms with van der Waals surface area (Å²) >= 11 is 0. The molecule has 1 heterocycles. The number of hydrogen-bond acceptors (Lipinski definition) is 7. The molecule has 1 aliphatic heterocycles. The van der Waals surface area contributed by atoms with Crippen LogP contribution in [0.15, 0.2) is 11.7 Å². The lowest BCUT2D eigenvalue weighted by atomic mass is 10.0. The molecule has 7 nitrogen and oxygen atoms in total. The van der Waals surface area contributed by atoms with Crippen molar-refractivity contribution in [2.45, 2.75) is 122 Å². The number of rotatable bonds is 19. The van der Waals surface area contributed by atoms with Crippen LogP contribution in [0.3, 0.4) is 0 Å². The molecule has 0 amide bonds. The summed E-state index contributed by atoms with van der Waals surface area (Å²) < 4.78 is 9.62. The molecular weight excluding hydrogens is 400 g/mol. The highest BCUT2D eigenvalue weighted by Crippen LogP contribution is 2.20. The van der Waals surface area contributed by atoms with Crippen LogP contribution >= 0.6 is 0 Å². The van der Waals surface area contributed by atoms with Crippen LogP contribution in [0, 0.1) is 0 Å². The zero-order valence-electron chi connectivity index (χ0n) is 19.2. The van der Waals surface area contributed by atoms with Gasteiger partial charge >= 0.3 is 11.9 Å². The van der Waals surface area contributed by atoms with Gasteiger partial charge in [0.05, 0.1) is 0 Å². The van der Waals surface area contributed by atoms with E-state index in [1.54, 1.807) is 0 Å². The van der Waals surface area contributed by atoms with Gasteiger partial charge in [0.15, 0.2) is 6.10 Å². The molecular formula is C24H42O7. The average molecular weight is 443 g/mol. The van der Waals surface area contributed by atoms with Gasteiger partial charge in [0.1, 0.15) is 12.7 Å². The number of hydrogen-bond donors (Lipinski definition) is 3. The first-order valence-corrected chi connectivity index (χ1v) is 12.1. The molecule has 0 fully saturated rings. The maximum absolute atomic E-state index is 11.7. The van der Waals surface area contributed by atoms with Crippen molar-refractivity contribution in [1.82, 2.24) is 0 Å². The van der Waals surface area contributed by atoms with Gasteiger partial charge in [-0.1, -0.05) is 96.8 Å². The van der Waals surface area contributed by atoms with E-state index in [2.05, 4.69) is 11.7 Å². The van der Waals surface area contributed by atoms with Crippen molar-refractivity contribution in [3.8, 4) is 0 Å². The number of ketones is 1. The van der Waals surface area contributed by atoms with Gasteiger partial charge in [0.2, 0.25) is 11.5 Å². The topological polar surface area (TPSA) is 113 Å². The monoisotopic (exact) mass is 442 g/mol. The third kappa shape index (κ3) is 12.0. The van der Waals surface area contributed by atoms with Gasteiger partial charge in [-0.15, -0.1) is 0 Å². The standard InChI is InChI=1S/C24H42O7/c1-2-3-4-5-6-7-8-9-10-11-12-13-14-15-16-17-20(26)30-18-19(25)23-21(27)22(28)24(29)31-23/h19,23,25,28-29H,2-18H2,1H3. The molecule has 0 spiro atoms. The van der Waals surface area contributed by atoms with E-state index in [-0.39, 0.29) is 6.42 Å². The molecule has 0 bridgehead atoms. The van der Waals surface area contributed by atoms with E-state index < -0.39 is 42.3 Å². The molecule has 180 valence electrons. The van der Waals surface area contributed by atoms with Crippen LogP contribution in [0.1, 0.15) is 110 Å². The number of aliphatic hydroxyl groups is 3. The third-order valence-electron chi connectivity index (χ3n) is 5.68. The SMILES string of the molecule is CCCCCCCCCCCCCCCCCC(=O)OCC(O)C1OC(O)=C(O)C1=O. The molecule has 31 heavy (non-hydrogen) atoms. The molecule has 0 aromatic rings. The minimum absolute atomic E-state index is 0.263. The molecule has 0 saturated heterocycles. The molecule has 0 aromatic heterocycles. The predicted octanol–water partition coefficient (Wildman–Crippen LogP) is 5.41. The van der Waals surface area contributed by atoms with Crippen molar-refractivity contribution in [2.75, 3.05) is 6.61 Å². The van der Waals surface area contributed by atoms with Crippen LogP contribution in [0.4, 0.5) is 0 Å². The third-order valence-corrected chi connectivity index (χ3v) is 5.68. The van der Waals surface area contributed by atoms with Crippen molar-refractivity contribution in [1.29, 1.82) is 0 Å². The van der Waals surface area contributed by atoms with Crippen molar-refractivity contribution in [3.05, 3.63) is 11.7 Å². The fourth-order valence-corrected chi connectivity index (χ4v) is 3.70. The summed E-state index contributed by atoms with van der Waals surface area (Å²) in [6, 6.07) is 0. The summed E-state index contributed by atoms with van der Waals surface area (Å²) in [6.07, 6.45) is 16.2. The number of carbonyl (C=O) groups is 2. The fraction of sp³-hybridized carbons (Fsp3) is 0.833. The van der Waals surface area contributed by atoms with E-state index in [1.165, 1.54) is 77.0 Å². The van der Waals surface area contributed by atoms with Crippen molar-refractivity contribution >= 4 is 11.8 Å². The number of aliphatic hydroxyl groups excluding tert-OH is 3. The van der Waals surface area contributed by atoms with E-state index in [4.69, 9.17) is 9.84 Å². The number of esters is 1. The minimum atomic E-state index is -1.45. The van der Waals surface area contributed by atoms with Gasteiger partial charge in [0.25, 0.3) is 0 Å². The van der Waals surface area contributed by atoms with Crippen molar-refractivity contribution < 1.29 is 34.4 Å². The summed E-state index contributed by atoms with van der Waals surface area (Å²) in [5.41, 5.74) is 0. The quantitative estimate of drug-likeness (QED) is 0.181. The Morgan fingerprint density at radius 3 is 1.74 bits per heavy atom. The number of carbonyl (C=O) groups excluding carboxylic acids is 2. The Hall–Kier alpha value is -1.76. The normalized spacial score (nSPS) is 17.1. The molecule has 2 atom stereocenters. The highest BCUT2D eigenvalue weighted by molar-refractivity contribution is 5.99. The molecule has 7 heteroatoms. The molecule has 0 saturated carbocycles. The Bertz CT molecular complexity index is 544. The zero-order chi connectivity index (χ0) is 22.9. The number of Topliss-reactive ketones (excluding diaryl/α,β-unsaturated/α-hetero) is 1. The lowest BCUT2D eigenvalue weighted by Gasteiger charge is -2.16. The Morgan fingerprint density at radius 2 is 1.32 bits per heavy atom. The van der Waals surface area contributed by atoms with Crippen LogP contribution in [0.25, 0.3) is 0 Å². The number of ether oxygens (including phenoxy) is 2. The second kappa shape index (κ2) is 16.9. The highest BCUT2D eigenvalue weighted by Gasteiger charge is 2.40. The lowest BCUT2D eigenvalue weighted by Crippen LogP contribution is -2.37. The zero-order valence-corrected chi connectivity index (χ0v) is 19.2. The first kappa shape index (κ1) is 27.3. The number of unbranched alkanes of at least 4 members (excludes halogenated alkanes) is 14. The summed E-state index contributed by atoms with van der Waals surface area (Å²) in [4.78, 5) is 23.3. The van der Waals surface area contributed by atoms with Crippen LogP contribution in [-0.2, 0) is 19.1 Å². The fourth-order valence-electron chi connectivity index (χ4n) is 3.70. The summed E-state index contributed by atoms with van der Waals surface area (Å²) in [6.45, 7) is 1.83. The Labute approximate surface area is 186 Å². The second-order valence-corrected chi connectivity index (χ2v) is 8.51. The van der Waals surface area contributed by atoms with Gasteiger partial charge in [-0.2, -0.15) is 0 Å². The Kier molecular flexibility index (Phi) is 14.8. The average Bonchev–Trinajstić information content (AvgIpc) is 3.02. The molecule has 0 radical (unpaired) electrons. The maximum atomic E-state index is 11.7. The highest BCUT2D eigenvalue weighted by atomic mass is 16.6. The van der Waals surface area contributed by atoms with Crippen LogP contribution in [-0.4, -0.2) is 45.9 Å². The first-order valence-electron chi connectivity index (χ1n) is 12.1. The second-order valence-electron chi connectivity index (χ2n) is 8.51. The molecule has 0 aliphatic carbocycles. The van der Waals surface area contributed by atoms with E-state index in [0.29, 0.717) is 0 Å². The summed E-state index contributed by atoms with van der Waals surface area (Å²) in [5.74, 6) is -3.21. The molecule has 1 aliphatic rings. The molecule has 1 rings (SSSR count). The summed E-state index contributed by atoms with van der Waals surface area (Å²) in [5, 5.41) is 28.2. The summed E-state index contributed by atoms with van der Waals surface area (Å²) in [7, 11) is 0. The van der Waals surface area contributed by atoms with Gasteiger partial charge < -0.3 is 24.8 Å². The van der Waals surface area contributed by atoms with Gasteiger partial charge in [0, 0.05) is 6.42 Å². The van der Waals surface area contributed by atoms with E-state index in [0.717, 1.165) is 19.3 Å². The van der Waals surface area contributed by atoms with Crippen LogP contribution < -0.4 is 0 Å². The minimum Gasteiger partial charge on any atom is -0.499 e.